The molecule has 0 saturated carbocycles. The van der Waals surface area contributed by atoms with Crippen molar-refractivity contribution in [1.82, 2.24) is 10.3 Å². The molecule has 2 aliphatic rings. The standard InChI is InChI=1S/C22H29ClN4O/c23-21-15-26-22(27-19-5-2-8-24-14-19)12-20(21)17-3-1-4-18(11-17)25-13-16-6-9-28-10-7-16/h1,3-4,11-12,15-16,19,24-25H,2,5-10,13-14H2,(H,26,27). The molecule has 0 spiro atoms. The van der Waals surface area contributed by atoms with Crippen molar-refractivity contribution in [1.29, 1.82) is 0 Å². The number of ether oxygens (including phenoxy) is 1. The topological polar surface area (TPSA) is 58.2 Å². The average molecular weight is 401 g/mol. The number of hydrogen-bond acceptors (Lipinski definition) is 5. The van der Waals surface area contributed by atoms with Crippen LogP contribution in [0.5, 0.6) is 0 Å². The highest BCUT2D eigenvalue weighted by atomic mass is 35.5. The van der Waals surface area contributed by atoms with Gasteiger partial charge in [0.2, 0.25) is 0 Å². The molecule has 2 saturated heterocycles. The van der Waals surface area contributed by atoms with Gasteiger partial charge < -0.3 is 20.7 Å². The summed E-state index contributed by atoms with van der Waals surface area (Å²) in [6.45, 7) is 4.82. The van der Waals surface area contributed by atoms with Crippen molar-refractivity contribution < 1.29 is 4.74 Å². The Morgan fingerprint density at radius 2 is 2.07 bits per heavy atom. The maximum Gasteiger partial charge on any atom is 0.126 e. The molecule has 5 nitrogen and oxygen atoms in total. The number of hydrogen-bond donors (Lipinski definition) is 3. The molecule has 1 unspecified atom stereocenters. The summed E-state index contributed by atoms with van der Waals surface area (Å²) in [5.41, 5.74) is 3.25. The van der Waals surface area contributed by atoms with E-state index >= 15 is 0 Å². The van der Waals surface area contributed by atoms with Gasteiger partial charge in [-0.2, -0.15) is 0 Å². The second-order valence-electron chi connectivity index (χ2n) is 7.75. The Balaban J connectivity index is 1.45. The first-order valence-electron chi connectivity index (χ1n) is 10.3. The van der Waals surface area contributed by atoms with Crippen LogP contribution in [0.3, 0.4) is 0 Å². The summed E-state index contributed by atoms with van der Waals surface area (Å²) in [5, 5.41) is 11.2. The first-order valence-corrected chi connectivity index (χ1v) is 10.7. The zero-order valence-corrected chi connectivity index (χ0v) is 17.0. The fourth-order valence-corrected chi connectivity index (χ4v) is 4.14. The lowest BCUT2D eigenvalue weighted by atomic mass is 10.00. The van der Waals surface area contributed by atoms with E-state index in [0.717, 1.165) is 74.7 Å². The average Bonchev–Trinajstić information content (AvgIpc) is 2.75. The highest BCUT2D eigenvalue weighted by Gasteiger charge is 2.15. The quantitative estimate of drug-likeness (QED) is 0.670. The minimum Gasteiger partial charge on any atom is -0.385 e. The lowest BCUT2D eigenvalue weighted by Crippen LogP contribution is -2.38. The zero-order chi connectivity index (χ0) is 19.2. The van der Waals surface area contributed by atoms with Crippen LogP contribution in [0.4, 0.5) is 11.5 Å². The van der Waals surface area contributed by atoms with Crippen LogP contribution in [0.15, 0.2) is 36.5 Å². The van der Waals surface area contributed by atoms with Gasteiger partial charge in [-0.1, -0.05) is 23.7 Å². The molecule has 150 valence electrons. The van der Waals surface area contributed by atoms with Crippen LogP contribution >= 0.6 is 11.6 Å². The Hall–Kier alpha value is -1.82. The molecule has 3 N–H and O–H groups in total. The minimum atomic E-state index is 0.419. The van der Waals surface area contributed by atoms with Crippen LogP contribution in [0, 0.1) is 5.92 Å². The van der Waals surface area contributed by atoms with Crippen LogP contribution < -0.4 is 16.0 Å². The number of anilines is 2. The molecule has 2 aromatic rings. The number of nitrogens with zero attached hydrogens (tertiary/aromatic N) is 1. The minimum absolute atomic E-state index is 0.419. The van der Waals surface area contributed by atoms with Crippen LogP contribution in [-0.4, -0.2) is 43.9 Å². The Labute approximate surface area is 172 Å². The first kappa shape index (κ1) is 19.5. The van der Waals surface area contributed by atoms with E-state index in [1.807, 2.05) is 0 Å². The first-order chi connectivity index (χ1) is 13.8. The van der Waals surface area contributed by atoms with Crippen LogP contribution in [0.25, 0.3) is 11.1 Å². The van der Waals surface area contributed by atoms with Gasteiger partial charge in [0.1, 0.15) is 5.82 Å². The molecule has 0 aliphatic carbocycles. The molecule has 2 aliphatic heterocycles. The van der Waals surface area contributed by atoms with Crippen LogP contribution in [0.1, 0.15) is 25.7 Å². The second kappa shape index (κ2) is 9.59. The molecule has 1 aromatic heterocycles. The van der Waals surface area contributed by atoms with Crippen molar-refractivity contribution in [3.05, 3.63) is 41.6 Å². The van der Waals surface area contributed by atoms with Crippen molar-refractivity contribution in [3.63, 3.8) is 0 Å². The molecule has 4 rings (SSSR count). The van der Waals surface area contributed by atoms with E-state index < -0.39 is 0 Å². The van der Waals surface area contributed by atoms with Crippen LogP contribution in [0.2, 0.25) is 5.02 Å². The van der Waals surface area contributed by atoms with Gasteiger partial charge in [-0.05, 0) is 61.9 Å². The summed E-state index contributed by atoms with van der Waals surface area (Å²) in [7, 11) is 0. The van der Waals surface area contributed by atoms with Gasteiger partial charge in [-0.3, -0.25) is 0 Å². The molecule has 28 heavy (non-hydrogen) atoms. The number of piperidine rings is 1. The van der Waals surface area contributed by atoms with Gasteiger partial charge in [0.25, 0.3) is 0 Å². The van der Waals surface area contributed by atoms with Gasteiger partial charge in [-0.15, -0.1) is 0 Å². The van der Waals surface area contributed by atoms with Crippen molar-refractivity contribution in [3.8, 4) is 11.1 Å². The lowest BCUT2D eigenvalue weighted by Gasteiger charge is -2.24. The molecule has 1 atom stereocenters. The third kappa shape index (κ3) is 5.16. The Morgan fingerprint density at radius 3 is 2.89 bits per heavy atom. The summed E-state index contributed by atoms with van der Waals surface area (Å²) in [4.78, 5) is 4.48. The third-order valence-electron chi connectivity index (χ3n) is 5.61. The van der Waals surface area contributed by atoms with Gasteiger partial charge in [0, 0.05) is 49.8 Å². The smallest absolute Gasteiger partial charge is 0.126 e. The lowest BCUT2D eigenvalue weighted by molar-refractivity contribution is 0.0699. The summed E-state index contributed by atoms with van der Waals surface area (Å²) < 4.78 is 5.45. The number of pyridine rings is 1. The molecule has 0 radical (unpaired) electrons. The SMILES string of the molecule is Clc1cnc(NC2CCCNC2)cc1-c1cccc(NCC2CCOCC2)c1. The van der Waals surface area contributed by atoms with Crippen molar-refractivity contribution in [2.24, 2.45) is 5.92 Å². The zero-order valence-electron chi connectivity index (χ0n) is 16.2. The number of aromatic nitrogens is 1. The predicted molar refractivity (Wildman–Crippen MR) is 116 cm³/mol. The van der Waals surface area contributed by atoms with E-state index in [-0.39, 0.29) is 0 Å². The summed E-state index contributed by atoms with van der Waals surface area (Å²) in [5.74, 6) is 1.57. The molecule has 6 heteroatoms. The largest absolute Gasteiger partial charge is 0.385 e. The maximum absolute atomic E-state index is 6.49. The van der Waals surface area contributed by atoms with Crippen LogP contribution in [-0.2, 0) is 4.74 Å². The van der Waals surface area contributed by atoms with Crippen molar-refractivity contribution >= 4 is 23.1 Å². The summed E-state index contributed by atoms with van der Waals surface area (Å²) in [6, 6.07) is 11.0. The van der Waals surface area contributed by atoms with E-state index in [2.05, 4.69) is 51.3 Å². The second-order valence-corrected chi connectivity index (χ2v) is 8.16. The van der Waals surface area contributed by atoms with Gasteiger partial charge in [0.15, 0.2) is 0 Å². The highest BCUT2D eigenvalue weighted by Crippen LogP contribution is 2.31. The van der Waals surface area contributed by atoms with Gasteiger partial charge in [-0.25, -0.2) is 4.98 Å². The van der Waals surface area contributed by atoms with E-state index in [4.69, 9.17) is 16.3 Å². The number of nitrogens with one attached hydrogen (secondary N) is 3. The van der Waals surface area contributed by atoms with Gasteiger partial charge in [0.05, 0.1) is 5.02 Å². The Kier molecular flexibility index (Phi) is 6.68. The fourth-order valence-electron chi connectivity index (χ4n) is 3.93. The highest BCUT2D eigenvalue weighted by molar-refractivity contribution is 6.33. The summed E-state index contributed by atoms with van der Waals surface area (Å²) in [6.07, 6.45) is 6.37. The van der Waals surface area contributed by atoms with Crippen molar-refractivity contribution in [2.45, 2.75) is 31.7 Å². The Bertz CT molecular complexity index is 773. The predicted octanol–water partition coefficient (Wildman–Crippen LogP) is 4.40. The molecular weight excluding hydrogens is 372 g/mol. The molecule has 0 bridgehead atoms. The maximum atomic E-state index is 6.49. The summed E-state index contributed by atoms with van der Waals surface area (Å²) >= 11 is 6.49. The van der Waals surface area contributed by atoms with E-state index in [1.54, 1.807) is 6.20 Å². The molecular formula is C22H29ClN4O. The third-order valence-corrected chi connectivity index (χ3v) is 5.91. The Morgan fingerprint density at radius 1 is 1.18 bits per heavy atom. The number of rotatable bonds is 6. The van der Waals surface area contributed by atoms with E-state index in [0.29, 0.717) is 17.0 Å². The van der Waals surface area contributed by atoms with Gasteiger partial charge >= 0.3 is 0 Å². The monoisotopic (exact) mass is 400 g/mol. The van der Waals surface area contributed by atoms with Crippen molar-refractivity contribution in [2.75, 3.05) is 43.5 Å². The molecule has 0 amide bonds. The molecule has 2 fully saturated rings. The van der Waals surface area contributed by atoms with E-state index in [1.165, 1.54) is 6.42 Å². The normalized spacial score (nSPS) is 20.7. The molecule has 1 aromatic carbocycles. The molecule has 3 heterocycles. The number of benzene rings is 1. The number of halogens is 1. The fraction of sp³-hybridized carbons (Fsp3) is 0.500. The van der Waals surface area contributed by atoms with E-state index in [9.17, 15) is 0 Å².